The van der Waals surface area contributed by atoms with E-state index in [1.807, 2.05) is 19.1 Å². The Morgan fingerprint density at radius 1 is 1.50 bits per heavy atom. The first kappa shape index (κ1) is 16.3. The molecule has 0 aliphatic rings. The number of benzene rings is 1. The molecule has 0 aromatic heterocycles. The van der Waals surface area contributed by atoms with Crippen LogP contribution in [0.5, 0.6) is 0 Å². The Morgan fingerprint density at radius 2 is 2.30 bits per heavy atom. The highest BCUT2D eigenvalue weighted by Gasteiger charge is 2.09. The maximum Gasteiger partial charge on any atom is 0.239 e. The van der Waals surface area contributed by atoms with Crippen LogP contribution in [0.25, 0.3) is 0 Å². The van der Waals surface area contributed by atoms with Gasteiger partial charge in [-0.15, -0.1) is 11.8 Å². The molecule has 108 valence electrons. The van der Waals surface area contributed by atoms with Gasteiger partial charge < -0.3 is 15.4 Å². The van der Waals surface area contributed by atoms with Crippen LogP contribution in [0, 0.1) is 11.3 Å². The number of carbonyl (C=O) groups excluding carboxylic acids is 1. The van der Waals surface area contributed by atoms with Crippen molar-refractivity contribution in [2.24, 2.45) is 0 Å². The van der Waals surface area contributed by atoms with Crippen molar-refractivity contribution in [1.82, 2.24) is 5.32 Å². The first-order valence-corrected chi connectivity index (χ1v) is 7.36. The van der Waals surface area contributed by atoms with Crippen molar-refractivity contribution in [3.05, 3.63) is 23.8 Å². The molecule has 2 N–H and O–H groups in total. The molecule has 5 nitrogen and oxygen atoms in total. The number of thioether (sulfide) groups is 1. The van der Waals surface area contributed by atoms with Gasteiger partial charge in [0, 0.05) is 18.6 Å². The average molecular weight is 293 g/mol. The number of amides is 1. The highest BCUT2D eigenvalue weighted by atomic mass is 32.2. The van der Waals surface area contributed by atoms with Gasteiger partial charge in [-0.3, -0.25) is 4.79 Å². The summed E-state index contributed by atoms with van der Waals surface area (Å²) >= 11 is 1.61. The molecular weight excluding hydrogens is 274 g/mol. The predicted molar refractivity (Wildman–Crippen MR) is 80.9 cm³/mol. The fraction of sp³-hybridized carbons (Fsp3) is 0.429. The maximum atomic E-state index is 11.6. The fourth-order valence-corrected chi connectivity index (χ4v) is 2.39. The van der Waals surface area contributed by atoms with E-state index in [2.05, 4.69) is 16.7 Å². The van der Waals surface area contributed by atoms with Crippen LogP contribution < -0.4 is 10.6 Å². The van der Waals surface area contributed by atoms with Gasteiger partial charge in [0.15, 0.2) is 0 Å². The number of carbonyl (C=O) groups is 1. The van der Waals surface area contributed by atoms with Crippen LogP contribution in [0.15, 0.2) is 23.1 Å². The number of hydrogen-bond acceptors (Lipinski definition) is 5. The molecule has 0 aliphatic carbocycles. The summed E-state index contributed by atoms with van der Waals surface area (Å²) in [5.74, 6) is 0.773. The lowest BCUT2D eigenvalue weighted by Gasteiger charge is -2.11. The molecule has 0 bridgehead atoms. The number of methoxy groups -OCH3 is 1. The molecule has 1 aromatic rings. The number of anilines is 1. The van der Waals surface area contributed by atoms with Crippen molar-refractivity contribution in [3.63, 3.8) is 0 Å². The normalized spacial score (nSPS) is 9.85. The Labute approximate surface area is 123 Å². The Kier molecular flexibility index (Phi) is 7.55. The molecule has 0 atom stereocenters. The molecule has 6 heteroatoms. The largest absolute Gasteiger partial charge is 0.383 e. The summed E-state index contributed by atoms with van der Waals surface area (Å²) in [5.41, 5.74) is 1.27. The molecule has 1 rings (SSSR count). The second-order valence-corrected chi connectivity index (χ2v) is 5.23. The molecular formula is C14H19N3O2S. The maximum absolute atomic E-state index is 11.6. The summed E-state index contributed by atoms with van der Waals surface area (Å²) in [7, 11) is 1.58. The smallest absolute Gasteiger partial charge is 0.239 e. The molecule has 1 aromatic carbocycles. The van der Waals surface area contributed by atoms with Crippen LogP contribution in [0.4, 0.5) is 5.69 Å². The van der Waals surface area contributed by atoms with E-state index in [0.29, 0.717) is 24.4 Å². The van der Waals surface area contributed by atoms with Crippen LogP contribution in [0.2, 0.25) is 0 Å². The summed E-state index contributed by atoms with van der Waals surface area (Å²) in [4.78, 5) is 12.5. The lowest BCUT2D eigenvalue weighted by atomic mass is 10.2. The summed E-state index contributed by atoms with van der Waals surface area (Å²) in [6.07, 6.45) is 0. The number of ether oxygens (including phenoxy) is 1. The van der Waals surface area contributed by atoms with Crippen LogP contribution in [0.1, 0.15) is 12.5 Å². The monoisotopic (exact) mass is 293 g/mol. The predicted octanol–water partition coefficient (Wildman–Crippen LogP) is 1.84. The minimum absolute atomic E-state index is 0.125. The zero-order chi connectivity index (χ0) is 14.8. The Hall–Kier alpha value is -1.71. The minimum Gasteiger partial charge on any atom is -0.383 e. The Balaban J connectivity index is 2.61. The minimum atomic E-state index is -0.125. The highest BCUT2D eigenvalue weighted by molar-refractivity contribution is 7.99. The van der Waals surface area contributed by atoms with Gasteiger partial charge in [-0.1, -0.05) is 13.0 Å². The van der Waals surface area contributed by atoms with Gasteiger partial charge in [0.1, 0.15) is 6.07 Å². The van der Waals surface area contributed by atoms with E-state index in [9.17, 15) is 10.1 Å². The second-order valence-electron chi connectivity index (χ2n) is 3.92. The molecule has 0 heterocycles. The molecule has 20 heavy (non-hydrogen) atoms. The van der Waals surface area contributed by atoms with E-state index in [-0.39, 0.29) is 12.5 Å². The van der Waals surface area contributed by atoms with E-state index < -0.39 is 0 Å². The topological polar surface area (TPSA) is 74.2 Å². The molecule has 1 amide bonds. The van der Waals surface area contributed by atoms with Gasteiger partial charge in [-0.05, 0) is 17.9 Å². The molecule has 0 spiro atoms. The van der Waals surface area contributed by atoms with Gasteiger partial charge in [-0.25, -0.2) is 0 Å². The fourth-order valence-electron chi connectivity index (χ4n) is 1.60. The quantitative estimate of drug-likeness (QED) is 0.565. The van der Waals surface area contributed by atoms with Crippen LogP contribution >= 0.6 is 11.8 Å². The first-order valence-electron chi connectivity index (χ1n) is 6.38. The van der Waals surface area contributed by atoms with Gasteiger partial charge in [-0.2, -0.15) is 5.26 Å². The van der Waals surface area contributed by atoms with E-state index in [4.69, 9.17) is 4.74 Å². The molecule has 0 saturated heterocycles. The summed E-state index contributed by atoms with van der Waals surface area (Å²) in [6.45, 7) is 3.14. The van der Waals surface area contributed by atoms with E-state index in [1.54, 1.807) is 24.9 Å². The van der Waals surface area contributed by atoms with Crippen molar-refractivity contribution in [2.45, 2.75) is 11.8 Å². The number of rotatable bonds is 8. The number of nitriles is 1. The third kappa shape index (κ3) is 5.11. The van der Waals surface area contributed by atoms with Gasteiger partial charge >= 0.3 is 0 Å². The molecule has 0 fully saturated rings. The van der Waals surface area contributed by atoms with Gasteiger partial charge in [0.25, 0.3) is 0 Å². The highest BCUT2D eigenvalue weighted by Crippen LogP contribution is 2.27. The van der Waals surface area contributed by atoms with E-state index >= 15 is 0 Å². The summed E-state index contributed by atoms with van der Waals surface area (Å²) in [6, 6.07) is 7.79. The van der Waals surface area contributed by atoms with Crippen molar-refractivity contribution in [3.8, 4) is 6.07 Å². The average Bonchev–Trinajstić information content (AvgIpc) is 2.46. The van der Waals surface area contributed by atoms with Crippen molar-refractivity contribution < 1.29 is 9.53 Å². The molecule has 0 aliphatic heterocycles. The third-order valence-electron chi connectivity index (χ3n) is 2.51. The lowest BCUT2D eigenvalue weighted by molar-refractivity contribution is -0.119. The van der Waals surface area contributed by atoms with Gasteiger partial charge in [0.05, 0.1) is 24.4 Å². The molecule has 0 unspecified atom stereocenters. The first-order chi connectivity index (χ1) is 9.72. The second kappa shape index (κ2) is 9.23. The van der Waals surface area contributed by atoms with Crippen LogP contribution in [-0.4, -0.2) is 38.5 Å². The Morgan fingerprint density at radius 3 is 2.95 bits per heavy atom. The van der Waals surface area contributed by atoms with Crippen molar-refractivity contribution in [2.75, 3.05) is 37.9 Å². The van der Waals surface area contributed by atoms with Crippen molar-refractivity contribution in [1.29, 1.82) is 5.26 Å². The van der Waals surface area contributed by atoms with Crippen LogP contribution in [-0.2, 0) is 9.53 Å². The lowest BCUT2D eigenvalue weighted by Crippen LogP contribution is -2.32. The third-order valence-corrected chi connectivity index (χ3v) is 3.45. The summed E-state index contributed by atoms with van der Waals surface area (Å²) in [5, 5.41) is 15.0. The zero-order valence-electron chi connectivity index (χ0n) is 11.7. The standard InChI is InChI=1S/C14H19N3O2S/c1-3-20-13-6-4-5-12(11(13)9-15)17-10-14(18)16-7-8-19-2/h4-6,17H,3,7-8,10H2,1-2H3,(H,16,18). The number of nitrogens with one attached hydrogen (secondary N) is 2. The van der Waals surface area contributed by atoms with Crippen molar-refractivity contribution >= 4 is 23.4 Å². The Bertz CT molecular complexity index is 486. The van der Waals surface area contributed by atoms with E-state index in [1.165, 1.54) is 0 Å². The zero-order valence-corrected chi connectivity index (χ0v) is 12.5. The van der Waals surface area contributed by atoms with Gasteiger partial charge in [0.2, 0.25) is 5.91 Å². The molecule has 0 radical (unpaired) electrons. The number of hydrogen-bond donors (Lipinski definition) is 2. The SMILES string of the molecule is CCSc1cccc(NCC(=O)NCCOC)c1C#N. The molecule has 0 saturated carbocycles. The summed E-state index contributed by atoms with van der Waals surface area (Å²) < 4.78 is 4.85. The number of nitrogens with zero attached hydrogens (tertiary/aromatic N) is 1. The van der Waals surface area contributed by atoms with Crippen LogP contribution in [0.3, 0.4) is 0 Å². The van der Waals surface area contributed by atoms with E-state index in [0.717, 1.165) is 10.6 Å².